The molecule has 2 aliphatic rings. The molecule has 0 radical (unpaired) electrons. The van der Waals surface area contributed by atoms with E-state index in [9.17, 15) is 13.2 Å². The lowest BCUT2D eigenvalue weighted by molar-refractivity contribution is -0.137. The molecule has 0 spiro atoms. The Morgan fingerprint density at radius 3 is 2.52 bits per heavy atom. The Balaban J connectivity index is 1.42. The van der Waals surface area contributed by atoms with E-state index < -0.39 is 11.7 Å². The summed E-state index contributed by atoms with van der Waals surface area (Å²) in [6, 6.07) is 6.37. The first kappa shape index (κ1) is 23.9. The molecule has 2 heterocycles. The summed E-state index contributed by atoms with van der Waals surface area (Å²) in [4.78, 5) is 9.20. The van der Waals surface area contributed by atoms with Crippen molar-refractivity contribution in [3.05, 3.63) is 35.4 Å². The third-order valence-corrected chi connectivity index (χ3v) is 6.36. The minimum Gasteiger partial charge on any atom is -0.356 e. The Bertz CT molecular complexity index is 717. The van der Waals surface area contributed by atoms with Crippen LogP contribution in [0.1, 0.15) is 44.2 Å². The Morgan fingerprint density at radius 1 is 1.13 bits per heavy atom. The normalized spacial score (nSPS) is 24.0. The number of aliphatic imine (C=N–C) groups is 1. The topological polar surface area (TPSA) is 42.9 Å². The lowest BCUT2D eigenvalue weighted by Gasteiger charge is -2.35. The third kappa shape index (κ3) is 7.10. The van der Waals surface area contributed by atoms with Crippen LogP contribution in [-0.2, 0) is 12.7 Å². The highest BCUT2D eigenvalue weighted by atomic mass is 19.4. The molecule has 2 saturated heterocycles. The van der Waals surface area contributed by atoms with Crippen LogP contribution in [-0.4, -0.2) is 67.6 Å². The highest BCUT2D eigenvalue weighted by Crippen LogP contribution is 2.29. The molecule has 2 fully saturated rings. The molecule has 5 nitrogen and oxygen atoms in total. The van der Waals surface area contributed by atoms with Gasteiger partial charge in [0, 0.05) is 51.9 Å². The van der Waals surface area contributed by atoms with E-state index in [1.165, 1.54) is 31.5 Å². The molecular weight excluding hydrogens is 403 g/mol. The van der Waals surface area contributed by atoms with E-state index in [1.54, 1.807) is 19.2 Å². The minimum absolute atomic E-state index is 0.291. The average Bonchev–Trinajstić information content (AvgIpc) is 3.17. The SMILES string of the molecule is CN=C(NCC1CCCN(C(C)C)C1)NC1CCN(Cc2ccc(C(F)(F)F)cc2)C1. The molecule has 2 aliphatic heterocycles. The molecule has 0 bridgehead atoms. The van der Waals surface area contributed by atoms with Crippen LogP contribution >= 0.6 is 0 Å². The van der Waals surface area contributed by atoms with Gasteiger partial charge in [-0.05, 0) is 63.3 Å². The van der Waals surface area contributed by atoms with Gasteiger partial charge >= 0.3 is 6.18 Å². The molecule has 3 rings (SSSR count). The number of piperidine rings is 1. The molecule has 2 N–H and O–H groups in total. The molecule has 2 atom stereocenters. The molecule has 0 amide bonds. The summed E-state index contributed by atoms with van der Waals surface area (Å²) in [7, 11) is 1.80. The minimum atomic E-state index is -4.28. The number of halogens is 3. The molecule has 0 saturated carbocycles. The number of guanidine groups is 1. The number of hydrogen-bond donors (Lipinski definition) is 2. The number of nitrogens with zero attached hydrogens (tertiary/aromatic N) is 3. The summed E-state index contributed by atoms with van der Waals surface area (Å²) < 4.78 is 38.2. The zero-order chi connectivity index (χ0) is 22.4. The van der Waals surface area contributed by atoms with Gasteiger partial charge in [0.1, 0.15) is 0 Å². The fraction of sp³-hybridized carbons (Fsp3) is 0.696. The zero-order valence-corrected chi connectivity index (χ0v) is 18.9. The van der Waals surface area contributed by atoms with E-state index in [0.717, 1.165) is 44.1 Å². The van der Waals surface area contributed by atoms with Gasteiger partial charge in [0.2, 0.25) is 0 Å². The molecular formula is C23H36F3N5. The fourth-order valence-corrected chi connectivity index (χ4v) is 4.51. The van der Waals surface area contributed by atoms with Gasteiger partial charge in [-0.2, -0.15) is 13.2 Å². The highest BCUT2D eigenvalue weighted by molar-refractivity contribution is 5.80. The number of alkyl halides is 3. The summed E-state index contributed by atoms with van der Waals surface area (Å²) >= 11 is 0. The van der Waals surface area contributed by atoms with Gasteiger partial charge in [-0.25, -0.2) is 0 Å². The van der Waals surface area contributed by atoms with Crippen LogP contribution in [0.4, 0.5) is 13.2 Å². The predicted octanol–water partition coefficient (Wildman–Crippen LogP) is 3.57. The largest absolute Gasteiger partial charge is 0.416 e. The zero-order valence-electron chi connectivity index (χ0n) is 18.9. The van der Waals surface area contributed by atoms with Gasteiger partial charge in [0.15, 0.2) is 5.96 Å². The Hall–Kier alpha value is -1.80. The molecule has 2 unspecified atom stereocenters. The van der Waals surface area contributed by atoms with Gasteiger partial charge in [-0.1, -0.05) is 12.1 Å². The van der Waals surface area contributed by atoms with Crippen molar-refractivity contribution in [1.29, 1.82) is 0 Å². The number of nitrogens with one attached hydrogen (secondary N) is 2. The molecule has 1 aromatic rings. The van der Waals surface area contributed by atoms with E-state index in [0.29, 0.717) is 24.5 Å². The standard InChI is InChI=1S/C23H36F3N5/c1-17(2)31-11-4-5-19(15-31)13-28-22(27-3)29-21-10-12-30(16-21)14-18-6-8-20(9-7-18)23(24,25)26/h6-9,17,19,21H,4-5,10-16H2,1-3H3,(H2,27,28,29). The molecule has 174 valence electrons. The quantitative estimate of drug-likeness (QED) is 0.526. The van der Waals surface area contributed by atoms with E-state index in [1.807, 2.05) is 0 Å². The summed E-state index contributed by atoms with van der Waals surface area (Å²) in [6.07, 6.45) is -0.795. The van der Waals surface area contributed by atoms with Crippen molar-refractivity contribution in [1.82, 2.24) is 20.4 Å². The maximum atomic E-state index is 12.7. The van der Waals surface area contributed by atoms with E-state index in [2.05, 4.69) is 39.3 Å². The van der Waals surface area contributed by atoms with Gasteiger partial charge < -0.3 is 15.5 Å². The lowest BCUT2D eigenvalue weighted by atomic mass is 9.97. The lowest BCUT2D eigenvalue weighted by Crippen LogP contribution is -2.48. The second kappa shape index (κ2) is 10.7. The molecule has 31 heavy (non-hydrogen) atoms. The highest BCUT2D eigenvalue weighted by Gasteiger charge is 2.30. The first-order valence-corrected chi connectivity index (χ1v) is 11.3. The second-order valence-corrected chi connectivity index (χ2v) is 9.11. The van der Waals surface area contributed by atoms with Crippen LogP contribution in [0, 0.1) is 5.92 Å². The summed E-state index contributed by atoms with van der Waals surface area (Å²) in [5, 5.41) is 7.02. The number of benzene rings is 1. The van der Waals surface area contributed by atoms with E-state index in [4.69, 9.17) is 0 Å². The van der Waals surface area contributed by atoms with Crippen molar-refractivity contribution in [3.63, 3.8) is 0 Å². The maximum absolute atomic E-state index is 12.7. The molecule has 0 aromatic heterocycles. The first-order valence-electron chi connectivity index (χ1n) is 11.3. The van der Waals surface area contributed by atoms with E-state index in [-0.39, 0.29) is 0 Å². The van der Waals surface area contributed by atoms with Crippen molar-refractivity contribution in [2.45, 2.75) is 57.9 Å². The van der Waals surface area contributed by atoms with Crippen molar-refractivity contribution >= 4 is 5.96 Å². The van der Waals surface area contributed by atoms with Crippen molar-refractivity contribution in [2.75, 3.05) is 39.8 Å². The van der Waals surface area contributed by atoms with Gasteiger partial charge in [0.25, 0.3) is 0 Å². The summed E-state index contributed by atoms with van der Waals surface area (Å²) in [5.74, 6) is 1.47. The van der Waals surface area contributed by atoms with Crippen LogP contribution in [0.15, 0.2) is 29.3 Å². The van der Waals surface area contributed by atoms with Crippen LogP contribution in [0.25, 0.3) is 0 Å². The van der Waals surface area contributed by atoms with Gasteiger partial charge in [-0.3, -0.25) is 9.89 Å². The van der Waals surface area contributed by atoms with Gasteiger partial charge in [0.05, 0.1) is 5.56 Å². The summed E-state index contributed by atoms with van der Waals surface area (Å²) in [5.41, 5.74) is 0.310. The van der Waals surface area contributed by atoms with Crippen molar-refractivity contribution in [2.24, 2.45) is 10.9 Å². The smallest absolute Gasteiger partial charge is 0.356 e. The van der Waals surface area contributed by atoms with Crippen molar-refractivity contribution in [3.8, 4) is 0 Å². The van der Waals surface area contributed by atoms with Crippen LogP contribution < -0.4 is 10.6 Å². The maximum Gasteiger partial charge on any atom is 0.416 e. The third-order valence-electron chi connectivity index (χ3n) is 6.36. The van der Waals surface area contributed by atoms with Crippen LogP contribution in [0.2, 0.25) is 0 Å². The Labute approximate surface area is 184 Å². The number of likely N-dealkylation sites (tertiary alicyclic amines) is 2. The second-order valence-electron chi connectivity index (χ2n) is 9.11. The molecule has 8 heteroatoms. The Morgan fingerprint density at radius 2 is 1.87 bits per heavy atom. The molecule has 0 aliphatic carbocycles. The van der Waals surface area contributed by atoms with Crippen molar-refractivity contribution < 1.29 is 13.2 Å². The van der Waals surface area contributed by atoms with Crippen LogP contribution in [0.5, 0.6) is 0 Å². The monoisotopic (exact) mass is 439 g/mol. The molecule has 1 aromatic carbocycles. The predicted molar refractivity (Wildman–Crippen MR) is 119 cm³/mol. The Kier molecular flexibility index (Phi) is 8.22. The number of hydrogen-bond acceptors (Lipinski definition) is 3. The average molecular weight is 440 g/mol. The first-order chi connectivity index (χ1) is 14.7. The number of rotatable bonds is 6. The van der Waals surface area contributed by atoms with Gasteiger partial charge in [-0.15, -0.1) is 0 Å². The fourth-order valence-electron chi connectivity index (χ4n) is 4.51. The van der Waals surface area contributed by atoms with E-state index >= 15 is 0 Å². The summed E-state index contributed by atoms with van der Waals surface area (Å²) in [6.45, 7) is 10.2. The van der Waals surface area contributed by atoms with Crippen LogP contribution in [0.3, 0.4) is 0 Å².